The summed E-state index contributed by atoms with van der Waals surface area (Å²) in [5.41, 5.74) is 13.8. The zero-order valence-corrected chi connectivity index (χ0v) is 25.3. The van der Waals surface area contributed by atoms with Crippen molar-refractivity contribution in [2.75, 3.05) is 5.75 Å². The Labute approximate surface area is 257 Å². The molecule has 1 saturated heterocycles. The first-order valence-corrected chi connectivity index (χ1v) is 16.2. The van der Waals surface area contributed by atoms with Crippen LogP contribution in [0.3, 0.4) is 0 Å². The third kappa shape index (κ3) is 7.94. The maximum Gasteiger partial charge on any atom is 0.356 e. The molecule has 1 fully saturated rings. The molecule has 0 aliphatic carbocycles. The topological polar surface area (TPSA) is 170 Å². The number of hydrogen-bond donors (Lipinski definition) is 3. The first-order valence-electron chi connectivity index (χ1n) is 12.9. The van der Waals surface area contributed by atoms with Gasteiger partial charge in [0.25, 0.3) is 10.1 Å². The number of amides is 2. The summed E-state index contributed by atoms with van der Waals surface area (Å²) in [6.45, 7) is 1.84. The Kier molecular flexibility index (Phi) is 10.5. The molecule has 0 spiro atoms. The van der Waals surface area contributed by atoms with E-state index in [-0.39, 0.29) is 21.9 Å². The van der Waals surface area contributed by atoms with Gasteiger partial charge >= 0.3 is 5.97 Å². The Bertz CT molecular complexity index is 1610. The fourth-order valence-electron chi connectivity index (χ4n) is 4.21. The fraction of sp³-hybridized carbons (Fsp3) is 0.167. The van der Waals surface area contributed by atoms with Gasteiger partial charge in [0.1, 0.15) is 17.1 Å². The van der Waals surface area contributed by atoms with Crippen molar-refractivity contribution in [3.05, 3.63) is 124 Å². The molecule has 0 radical (unpaired) electrons. The largest absolute Gasteiger partial charge is 0.448 e. The molecule has 0 bridgehead atoms. The Morgan fingerprint density at radius 1 is 1.02 bits per heavy atom. The van der Waals surface area contributed by atoms with Gasteiger partial charge in [0.2, 0.25) is 11.8 Å². The van der Waals surface area contributed by atoms with Gasteiger partial charge in [0.05, 0.1) is 4.90 Å². The van der Waals surface area contributed by atoms with E-state index in [9.17, 15) is 22.8 Å². The summed E-state index contributed by atoms with van der Waals surface area (Å²) in [7, 11) is -4.02. The molecule has 2 aliphatic rings. The molecule has 2 heterocycles. The number of β-lactam (4-membered cyclic amide) rings is 1. The molecule has 3 aromatic carbocycles. The van der Waals surface area contributed by atoms with E-state index >= 15 is 0 Å². The zero-order chi connectivity index (χ0) is 31.1. The van der Waals surface area contributed by atoms with Gasteiger partial charge in [-0.3, -0.25) is 19.0 Å². The number of carbonyl (C=O) groups excluding carboxylic acids is 3. The van der Waals surface area contributed by atoms with Gasteiger partial charge in [-0.05, 0) is 35.6 Å². The van der Waals surface area contributed by atoms with Gasteiger partial charge < -0.3 is 16.2 Å². The van der Waals surface area contributed by atoms with Gasteiger partial charge in [0.15, 0.2) is 6.10 Å². The van der Waals surface area contributed by atoms with Gasteiger partial charge in [0, 0.05) is 16.7 Å². The average Bonchev–Trinajstić information content (AvgIpc) is 3.00. The van der Waals surface area contributed by atoms with Crippen LogP contribution in [0.2, 0.25) is 0 Å². The molecule has 2 aliphatic heterocycles. The van der Waals surface area contributed by atoms with Crippen molar-refractivity contribution < 1.29 is 32.1 Å². The van der Waals surface area contributed by atoms with E-state index < -0.39 is 34.1 Å². The molecule has 5 rings (SSSR count). The highest BCUT2D eigenvalue weighted by Crippen LogP contribution is 2.44. The Morgan fingerprint density at radius 2 is 1.58 bits per heavy atom. The Morgan fingerprint density at radius 3 is 2.09 bits per heavy atom. The first kappa shape index (κ1) is 32.0. The van der Waals surface area contributed by atoms with Crippen molar-refractivity contribution in [3.8, 4) is 0 Å². The summed E-state index contributed by atoms with van der Waals surface area (Å²) in [6.07, 6.45) is 0.556. The average molecular weight is 640 g/mol. The van der Waals surface area contributed by atoms with E-state index in [0.717, 1.165) is 16.7 Å². The lowest BCUT2D eigenvalue weighted by molar-refractivity contribution is -0.152. The third-order valence-corrected chi connectivity index (χ3v) is 9.60. The van der Waals surface area contributed by atoms with Crippen molar-refractivity contribution in [1.82, 2.24) is 4.90 Å². The number of aryl methyl sites for hydroxylation is 1. The number of benzene rings is 3. The number of hydrogen-bond acceptors (Lipinski definition) is 9. The van der Waals surface area contributed by atoms with E-state index in [2.05, 4.69) is 0 Å². The van der Waals surface area contributed by atoms with Crippen molar-refractivity contribution in [2.24, 2.45) is 11.5 Å². The molecule has 0 aromatic heterocycles. The maximum absolute atomic E-state index is 13.5. The van der Waals surface area contributed by atoms with Crippen molar-refractivity contribution in [2.45, 2.75) is 29.3 Å². The van der Waals surface area contributed by atoms with Crippen LogP contribution in [-0.4, -0.2) is 52.8 Å². The van der Waals surface area contributed by atoms with Crippen LogP contribution in [0.4, 0.5) is 0 Å². The second kappa shape index (κ2) is 14.1. The van der Waals surface area contributed by atoms with Gasteiger partial charge in [-0.25, -0.2) is 4.79 Å². The second-order valence-electron chi connectivity index (χ2n) is 9.43. The number of nitrogens with two attached hydrogens (primary N) is 2. The summed E-state index contributed by atoms with van der Waals surface area (Å²) in [6, 6.07) is 24.1. The molecular weight excluding hydrogens is 611 g/mol. The summed E-state index contributed by atoms with van der Waals surface area (Å²) in [5, 5.41) is 1.18. The number of nitrogens with zero attached hydrogens (tertiary/aromatic N) is 1. The molecule has 2 amide bonds. The third-order valence-electron chi connectivity index (χ3n) is 6.36. The quantitative estimate of drug-likeness (QED) is 0.143. The smallest absolute Gasteiger partial charge is 0.356 e. The summed E-state index contributed by atoms with van der Waals surface area (Å²) < 4.78 is 35.5. The van der Waals surface area contributed by atoms with E-state index in [1.54, 1.807) is 12.1 Å². The second-order valence-corrected chi connectivity index (χ2v) is 13.0. The highest BCUT2D eigenvalue weighted by Gasteiger charge is 2.52. The van der Waals surface area contributed by atoms with Gasteiger partial charge in [-0.15, -0.1) is 11.8 Å². The monoisotopic (exact) mass is 639 g/mol. The summed E-state index contributed by atoms with van der Waals surface area (Å²) >= 11 is 2.63. The highest BCUT2D eigenvalue weighted by molar-refractivity contribution is 8.08. The number of thioether (sulfide) groups is 2. The molecule has 43 heavy (non-hydrogen) atoms. The number of rotatable bonds is 8. The predicted molar refractivity (Wildman–Crippen MR) is 166 cm³/mol. The minimum absolute atomic E-state index is 0.0666. The van der Waals surface area contributed by atoms with Crippen molar-refractivity contribution in [3.63, 3.8) is 0 Å². The zero-order valence-electron chi connectivity index (χ0n) is 22.9. The Balaban J connectivity index is 0.000000324. The van der Waals surface area contributed by atoms with E-state index in [4.69, 9.17) is 20.8 Å². The normalized spacial score (nSPS) is 18.0. The minimum Gasteiger partial charge on any atom is -0.448 e. The first-order chi connectivity index (χ1) is 20.5. The van der Waals surface area contributed by atoms with Crippen LogP contribution in [0.1, 0.15) is 22.8 Å². The van der Waals surface area contributed by atoms with Crippen molar-refractivity contribution >= 4 is 51.4 Å². The van der Waals surface area contributed by atoms with Crippen LogP contribution in [0.15, 0.2) is 112 Å². The fourth-order valence-corrected chi connectivity index (χ4v) is 6.97. The number of ether oxygens (including phenoxy) is 1. The van der Waals surface area contributed by atoms with Crippen molar-refractivity contribution in [1.29, 1.82) is 0 Å². The van der Waals surface area contributed by atoms with Crippen LogP contribution in [0, 0.1) is 6.92 Å². The maximum atomic E-state index is 13.5. The standard InChI is InChI=1S/C23H21N3O4S2.C7H8O3S/c24-17(27)11-12-31-16-13-32-22-18(25)21(28)26(22)19(16)23(29)30-20(14-7-3-1-4-8-14)15-9-5-2-6-10-15;1-6-2-4-7(5-3-6)11(8,9)10/h1-12,18,20,22H,13,25H2,(H2,24,27);2-5H,1H3,(H,8,9,10)/b12-11-;/t18-,22+;/m1./s1. The lowest BCUT2D eigenvalue weighted by atomic mass is 10.0. The summed E-state index contributed by atoms with van der Waals surface area (Å²) in [4.78, 5) is 39.0. The van der Waals surface area contributed by atoms with Gasteiger partial charge in [-0.2, -0.15) is 8.42 Å². The molecule has 13 heteroatoms. The number of carbonyl (C=O) groups is 3. The SMILES string of the molecule is Cc1ccc(S(=O)(=O)O)cc1.NC(=O)/C=C\SC1=C(C(=O)OC(c2ccccc2)c2ccccc2)N2C(=O)[C@@H](N)[C@@H]2SC1. The van der Waals surface area contributed by atoms with Crippen LogP contribution >= 0.6 is 23.5 Å². The van der Waals surface area contributed by atoms with E-state index in [1.165, 1.54) is 52.0 Å². The molecule has 0 unspecified atom stereocenters. The van der Waals surface area contributed by atoms with Crippen LogP contribution in [0.5, 0.6) is 0 Å². The highest BCUT2D eigenvalue weighted by atomic mass is 32.2. The van der Waals surface area contributed by atoms with Crippen LogP contribution < -0.4 is 11.5 Å². The number of primary amides is 1. The van der Waals surface area contributed by atoms with Gasteiger partial charge in [-0.1, -0.05) is 90.1 Å². The predicted octanol–water partition coefficient (Wildman–Crippen LogP) is 3.75. The lowest BCUT2D eigenvalue weighted by Crippen LogP contribution is -2.68. The lowest BCUT2D eigenvalue weighted by Gasteiger charge is -2.48. The molecular formula is C30H29N3O7S3. The molecule has 10 nitrogen and oxygen atoms in total. The molecule has 0 saturated carbocycles. The molecule has 3 aromatic rings. The van der Waals surface area contributed by atoms with Crippen LogP contribution in [-0.2, 0) is 29.2 Å². The number of fused-ring (bicyclic) bond motifs is 1. The molecule has 5 N–H and O–H groups in total. The summed E-state index contributed by atoms with van der Waals surface area (Å²) in [5.74, 6) is -1.09. The van der Waals surface area contributed by atoms with E-state index in [0.29, 0.717) is 10.7 Å². The molecule has 224 valence electrons. The Hall–Kier alpha value is -3.88. The van der Waals surface area contributed by atoms with Crippen LogP contribution in [0.25, 0.3) is 0 Å². The number of esters is 1. The molecule has 2 atom stereocenters. The minimum atomic E-state index is -4.02. The van der Waals surface area contributed by atoms with E-state index in [1.807, 2.05) is 67.6 Å².